The van der Waals surface area contributed by atoms with Crippen molar-refractivity contribution in [2.75, 3.05) is 0 Å². The fraction of sp³-hybridized carbons (Fsp3) is 0.650. The zero-order valence-electron chi connectivity index (χ0n) is 15.8. The number of fused-ring (bicyclic) bond motifs is 2. The summed E-state index contributed by atoms with van der Waals surface area (Å²) in [6, 6.07) is 4.96. The van der Waals surface area contributed by atoms with E-state index in [2.05, 4.69) is 0 Å². The Kier molecular flexibility index (Phi) is 4.95. The van der Waals surface area contributed by atoms with E-state index in [1.165, 1.54) is 12.1 Å². The molecule has 2 aliphatic rings. The highest BCUT2D eigenvalue weighted by Crippen LogP contribution is 2.44. The Morgan fingerprint density at radius 3 is 2.26 bits per heavy atom. The molecule has 2 heterocycles. The van der Waals surface area contributed by atoms with Crippen LogP contribution < -0.4 is 0 Å². The molecule has 1 aromatic carbocycles. The highest BCUT2D eigenvalue weighted by Gasteiger charge is 2.50. The van der Waals surface area contributed by atoms with Crippen LogP contribution in [0, 0.1) is 0 Å². The molecule has 27 heavy (non-hydrogen) atoms. The van der Waals surface area contributed by atoms with Crippen molar-refractivity contribution in [2.45, 2.75) is 82.3 Å². The van der Waals surface area contributed by atoms with E-state index in [0.717, 1.165) is 18.9 Å². The van der Waals surface area contributed by atoms with Gasteiger partial charge >= 0.3 is 12.3 Å². The molecule has 2 bridgehead atoms. The summed E-state index contributed by atoms with van der Waals surface area (Å²) < 4.78 is 45.3. The molecule has 0 radical (unpaired) electrons. The van der Waals surface area contributed by atoms with Crippen LogP contribution in [-0.4, -0.2) is 39.4 Å². The minimum Gasteiger partial charge on any atom is -0.444 e. The molecule has 3 rings (SSSR count). The molecular weight excluding hydrogens is 359 g/mol. The van der Waals surface area contributed by atoms with Crippen LogP contribution in [0.4, 0.5) is 18.0 Å². The Balaban J connectivity index is 1.77. The van der Waals surface area contributed by atoms with Crippen LogP contribution in [0.15, 0.2) is 24.3 Å². The minimum atomic E-state index is -4.46. The summed E-state index contributed by atoms with van der Waals surface area (Å²) in [6.07, 6.45) is -2.96. The van der Waals surface area contributed by atoms with Crippen molar-refractivity contribution in [1.82, 2.24) is 4.90 Å². The third kappa shape index (κ3) is 4.39. The number of alkyl halides is 3. The molecule has 1 aromatic rings. The summed E-state index contributed by atoms with van der Waals surface area (Å²) in [6.45, 7) is 5.38. The van der Waals surface area contributed by atoms with Gasteiger partial charge in [-0.15, -0.1) is 0 Å². The maximum Gasteiger partial charge on any atom is 0.416 e. The lowest BCUT2D eigenvalue weighted by Gasteiger charge is -2.44. The van der Waals surface area contributed by atoms with Gasteiger partial charge in [0.2, 0.25) is 0 Å². The molecule has 0 saturated carbocycles. The number of aliphatic hydroxyl groups is 1. The average Bonchev–Trinajstić information content (AvgIpc) is 2.78. The molecule has 2 atom stereocenters. The van der Waals surface area contributed by atoms with Gasteiger partial charge in [0.05, 0.1) is 11.2 Å². The number of rotatable bonds is 2. The topological polar surface area (TPSA) is 49.8 Å². The van der Waals surface area contributed by atoms with E-state index in [1.54, 1.807) is 31.7 Å². The Labute approximate surface area is 157 Å². The lowest BCUT2D eigenvalue weighted by Crippen LogP contribution is -2.55. The number of hydrogen-bond donors (Lipinski definition) is 1. The van der Waals surface area contributed by atoms with Gasteiger partial charge in [-0.3, -0.25) is 0 Å². The summed E-state index contributed by atoms with van der Waals surface area (Å²) in [4.78, 5) is 14.2. The number of nitrogens with zero attached hydrogens (tertiary/aromatic N) is 1. The molecule has 2 unspecified atom stereocenters. The molecule has 4 nitrogen and oxygen atoms in total. The first kappa shape index (κ1) is 20.0. The molecule has 150 valence electrons. The van der Waals surface area contributed by atoms with Gasteiger partial charge in [0.25, 0.3) is 0 Å². The molecule has 7 heteroatoms. The quantitative estimate of drug-likeness (QED) is 0.813. The third-order valence-electron chi connectivity index (χ3n) is 5.30. The normalized spacial score (nSPS) is 28.3. The number of carbonyl (C=O) groups is 1. The lowest BCUT2D eigenvalue weighted by molar-refractivity contribution is -0.138. The molecule has 2 fully saturated rings. The Bertz CT molecular complexity index is 697. The second kappa shape index (κ2) is 6.69. The fourth-order valence-corrected chi connectivity index (χ4v) is 4.39. The maximum absolute atomic E-state index is 13.3. The highest BCUT2D eigenvalue weighted by molar-refractivity contribution is 5.69. The van der Waals surface area contributed by atoms with Crippen molar-refractivity contribution in [1.29, 1.82) is 0 Å². The Hall–Kier alpha value is -1.76. The van der Waals surface area contributed by atoms with Gasteiger partial charge in [-0.2, -0.15) is 13.2 Å². The predicted octanol–water partition coefficient (Wildman–Crippen LogP) is 4.54. The molecule has 2 saturated heterocycles. The van der Waals surface area contributed by atoms with Crippen molar-refractivity contribution in [3.05, 3.63) is 35.4 Å². The summed E-state index contributed by atoms with van der Waals surface area (Å²) in [5.74, 6) is 0. The van der Waals surface area contributed by atoms with E-state index >= 15 is 0 Å². The van der Waals surface area contributed by atoms with Crippen LogP contribution in [0.3, 0.4) is 0 Å². The van der Waals surface area contributed by atoms with Crippen molar-refractivity contribution in [2.24, 2.45) is 0 Å². The van der Waals surface area contributed by atoms with Gasteiger partial charge in [0.15, 0.2) is 0 Å². The fourth-order valence-electron chi connectivity index (χ4n) is 4.39. The molecule has 0 aromatic heterocycles. The van der Waals surface area contributed by atoms with E-state index in [1.807, 2.05) is 0 Å². The molecular formula is C20H26F3NO3. The van der Waals surface area contributed by atoms with Crippen LogP contribution in [-0.2, 0) is 17.3 Å². The maximum atomic E-state index is 13.3. The molecule has 0 spiro atoms. The molecule has 0 aliphatic carbocycles. The SMILES string of the molecule is CC(C)(C)OC(=O)N1C2CCC1CC(O)(Cc1ccccc1C(F)(F)F)C2. The van der Waals surface area contributed by atoms with Crippen LogP contribution in [0.1, 0.15) is 57.6 Å². The number of carbonyl (C=O) groups excluding carboxylic acids is 1. The van der Waals surface area contributed by atoms with Crippen LogP contribution in [0.5, 0.6) is 0 Å². The van der Waals surface area contributed by atoms with E-state index in [9.17, 15) is 23.1 Å². The van der Waals surface area contributed by atoms with Crippen LogP contribution >= 0.6 is 0 Å². The second-order valence-corrected chi connectivity index (χ2v) is 8.74. The third-order valence-corrected chi connectivity index (χ3v) is 5.30. The first-order valence-corrected chi connectivity index (χ1v) is 9.27. The Morgan fingerprint density at radius 1 is 1.19 bits per heavy atom. The predicted molar refractivity (Wildman–Crippen MR) is 94.2 cm³/mol. The minimum absolute atomic E-state index is 0.0716. The van der Waals surface area contributed by atoms with Gasteiger partial charge in [-0.25, -0.2) is 4.79 Å². The first-order chi connectivity index (χ1) is 12.4. The standard InChI is InChI=1S/C20H26F3NO3/c1-18(2,3)27-17(25)24-14-8-9-15(24)12-19(26,11-14)10-13-6-4-5-7-16(13)20(21,22)23/h4-7,14-15,26H,8-12H2,1-3H3. The van der Waals surface area contributed by atoms with Crippen molar-refractivity contribution in [3.63, 3.8) is 0 Å². The first-order valence-electron chi connectivity index (χ1n) is 9.27. The van der Waals surface area contributed by atoms with E-state index in [0.29, 0.717) is 0 Å². The molecule has 1 amide bonds. The van der Waals surface area contributed by atoms with Crippen molar-refractivity contribution in [3.8, 4) is 0 Å². The van der Waals surface area contributed by atoms with Gasteiger partial charge in [0.1, 0.15) is 5.60 Å². The number of hydrogen-bond acceptors (Lipinski definition) is 3. The zero-order valence-corrected chi connectivity index (χ0v) is 15.8. The number of piperidine rings is 1. The monoisotopic (exact) mass is 385 g/mol. The number of halogens is 3. The van der Waals surface area contributed by atoms with Crippen LogP contribution in [0.2, 0.25) is 0 Å². The second-order valence-electron chi connectivity index (χ2n) is 8.74. The van der Waals surface area contributed by atoms with E-state index in [4.69, 9.17) is 4.74 Å². The summed E-state index contributed by atoms with van der Waals surface area (Å²) in [5, 5.41) is 11.1. The average molecular weight is 385 g/mol. The zero-order chi connectivity index (χ0) is 20.0. The van der Waals surface area contributed by atoms with Crippen LogP contribution in [0.25, 0.3) is 0 Å². The Morgan fingerprint density at radius 2 is 1.74 bits per heavy atom. The highest BCUT2D eigenvalue weighted by atomic mass is 19.4. The number of benzene rings is 1. The lowest BCUT2D eigenvalue weighted by atomic mass is 9.80. The van der Waals surface area contributed by atoms with E-state index in [-0.39, 0.29) is 36.9 Å². The smallest absolute Gasteiger partial charge is 0.416 e. The van der Waals surface area contributed by atoms with Gasteiger partial charge in [0, 0.05) is 18.5 Å². The summed E-state index contributed by atoms with van der Waals surface area (Å²) in [5.41, 5.74) is -2.49. The van der Waals surface area contributed by atoms with Crippen molar-refractivity contribution >= 4 is 6.09 Å². The van der Waals surface area contributed by atoms with Gasteiger partial charge < -0.3 is 14.7 Å². The molecule has 1 N–H and O–H groups in total. The van der Waals surface area contributed by atoms with E-state index < -0.39 is 29.0 Å². The number of ether oxygens (including phenoxy) is 1. The summed E-state index contributed by atoms with van der Waals surface area (Å²) in [7, 11) is 0. The largest absolute Gasteiger partial charge is 0.444 e. The summed E-state index contributed by atoms with van der Waals surface area (Å²) >= 11 is 0. The van der Waals surface area contributed by atoms with Crippen molar-refractivity contribution < 1.29 is 27.8 Å². The van der Waals surface area contributed by atoms with Gasteiger partial charge in [-0.1, -0.05) is 18.2 Å². The molecule has 2 aliphatic heterocycles. The van der Waals surface area contributed by atoms with Gasteiger partial charge in [-0.05, 0) is 58.1 Å². The number of amides is 1.